The van der Waals surface area contributed by atoms with Crippen LogP contribution < -0.4 is 0 Å². The highest BCUT2D eigenvalue weighted by Gasteiger charge is 2.30. The van der Waals surface area contributed by atoms with Crippen LogP contribution in [0.4, 0.5) is 0 Å². The molecule has 0 bridgehead atoms. The summed E-state index contributed by atoms with van der Waals surface area (Å²) in [6.07, 6.45) is 0. The number of hydrogen-bond acceptors (Lipinski definition) is 2. The Morgan fingerprint density at radius 1 is 1.22 bits per heavy atom. The quantitative estimate of drug-likeness (QED) is 0.710. The highest BCUT2D eigenvalue weighted by molar-refractivity contribution is 9.10. The van der Waals surface area contributed by atoms with Crippen LogP contribution in [0, 0.1) is 11.3 Å². The molecular formula is C13H18Br2O2S. The second-order valence-corrected chi connectivity index (χ2v) is 8.93. The Bertz CT molecular complexity index is 504. The molecule has 0 saturated heterocycles. The van der Waals surface area contributed by atoms with Crippen molar-refractivity contribution in [3.63, 3.8) is 0 Å². The molecule has 18 heavy (non-hydrogen) atoms. The van der Waals surface area contributed by atoms with Crippen LogP contribution in [0.15, 0.2) is 33.6 Å². The minimum atomic E-state index is -3.26. The van der Waals surface area contributed by atoms with Crippen molar-refractivity contribution in [3.8, 4) is 0 Å². The van der Waals surface area contributed by atoms with Gasteiger partial charge in [0.05, 0.1) is 10.6 Å². The first-order chi connectivity index (χ1) is 8.18. The summed E-state index contributed by atoms with van der Waals surface area (Å²) >= 11 is 6.72. The van der Waals surface area contributed by atoms with Gasteiger partial charge in [-0.15, -0.1) is 0 Å². The van der Waals surface area contributed by atoms with Crippen LogP contribution in [-0.4, -0.2) is 19.5 Å². The molecule has 0 aromatic heterocycles. The minimum Gasteiger partial charge on any atom is -0.224 e. The van der Waals surface area contributed by atoms with Crippen molar-refractivity contribution >= 4 is 41.7 Å². The smallest absolute Gasteiger partial charge is 0.179 e. The molecule has 0 aliphatic rings. The first kappa shape index (κ1) is 16.2. The molecule has 5 heteroatoms. The molecule has 0 amide bonds. The molecule has 0 radical (unpaired) electrons. The summed E-state index contributed by atoms with van der Waals surface area (Å²) in [5, 5.41) is 0.681. The van der Waals surface area contributed by atoms with Crippen LogP contribution in [-0.2, 0) is 9.84 Å². The molecule has 0 spiro atoms. The zero-order valence-electron chi connectivity index (χ0n) is 10.8. The van der Waals surface area contributed by atoms with Gasteiger partial charge in [-0.05, 0) is 39.4 Å². The van der Waals surface area contributed by atoms with Crippen molar-refractivity contribution in [3.05, 3.63) is 28.7 Å². The monoisotopic (exact) mass is 396 g/mol. The third kappa shape index (κ3) is 4.07. The maximum Gasteiger partial charge on any atom is 0.179 e. The van der Waals surface area contributed by atoms with E-state index in [1.54, 1.807) is 18.2 Å². The molecule has 1 unspecified atom stereocenters. The molecule has 0 N–H and O–H groups in total. The minimum absolute atomic E-state index is 0.0438. The summed E-state index contributed by atoms with van der Waals surface area (Å²) < 4.78 is 25.5. The second kappa shape index (κ2) is 6.06. The molecule has 1 aromatic carbocycles. The molecule has 0 fully saturated rings. The summed E-state index contributed by atoms with van der Waals surface area (Å²) in [7, 11) is -3.26. The van der Waals surface area contributed by atoms with Crippen molar-refractivity contribution in [2.45, 2.75) is 25.7 Å². The average Bonchev–Trinajstić information content (AvgIpc) is 2.24. The summed E-state index contributed by atoms with van der Waals surface area (Å²) in [6.45, 7) is 6.19. The normalized spacial score (nSPS) is 14.5. The SMILES string of the molecule is CC(C)(C)C(CBr)CS(=O)(=O)c1ccccc1Br. The van der Waals surface area contributed by atoms with E-state index in [4.69, 9.17) is 0 Å². The molecule has 1 rings (SSSR count). The predicted octanol–water partition coefficient (Wildman–Crippen LogP) is 4.28. The lowest BCUT2D eigenvalue weighted by Gasteiger charge is -2.29. The van der Waals surface area contributed by atoms with Gasteiger partial charge >= 0.3 is 0 Å². The molecule has 0 aliphatic heterocycles. The van der Waals surface area contributed by atoms with Gasteiger partial charge in [0.2, 0.25) is 0 Å². The van der Waals surface area contributed by atoms with E-state index < -0.39 is 9.84 Å². The van der Waals surface area contributed by atoms with Crippen molar-refractivity contribution in [1.82, 2.24) is 0 Å². The fraction of sp³-hybridized carbons (Fsp3) is 0.538. The number of benzene rings is 1. The zero-order chi connectivity index (χ0) is 14.0. The van der Waals surface area contributed by atoms with Crippen LogP contribution in [0.5, 0.6) is 0 Å². The molecule has 1 atom stereocenters. The van der Waals surface area contributed by atoms with Crippen molar-refractivity contribution in [1.29, 1.82) is 0 Å². The Balaban J connectivity index is 3.06. The third-order valence-corrected chi connectivity index (χ3v) is 6.61. The Hall–Kier alpha value is 0.130. The lowest BCUT2D eigenvalue weighted by molar-refractivity contribution is 0.291. The molecule has 102 valence electrons. The average molecular weight is 398 g/mol. The van der Waals surface area contributed by atoms with Crippen molar-refractivity contribution < 1.29 is 8.42 Å². The number of rotatable bonds is 4. The largest absolute Gasteiger partial charge is 0.224 e. The van der Waals surface area contributed by atoms with Crippen molar-refractivity contribution in [2.75, 3.05) is 11.1 Å². The van der Waals surface area contributed by atoms with Gasteiger partial charge in [-0.2, -0.15) is 0 Å². The van der Waals surface area contributed by atoms with E-state index >= 15 is 0 Å². The van der Waals surface area contributed by atoms with Gasteiger partial charge in [-0.1, -0.05) is 48.8 Å². The van der Waals surface area contributed by atoms with Gasteiger partial charge in [0.15, 0.2) is 9.84 Å². The Morgan fingerprint density at radius 2 is 1.78 bits per heavy atom. The summed E-state index contributed by atoms with van der Waals surface area (Å²) in [6, 6.07) is 6.97. The highest BCUT2D eigenvalue weighted by atomic mass is 79.9. The topological polar surface area (TPSA) is 34.1 Å². The van der Waals surface area contributed by atoms with Gasteiger partial charge in [0.1, 0.15) is 0 Å². The predicted molar refractivity (Wildman–Crippen MR) is 82.9 cm³/mol. The van der Waals surface area contributed by atoms with Crippen LogP contribution in [0.25, 0.3) is 0 Å². The van der Waals surface area contributed by atoms with Gasteiger partial charge in [0, 0.05) is 9.80 Å². The second-order valence-electron chi connectivity index (χ2n) is 5.43. The van der Waals surface area contributed by atoms with Gasteiger partial charge in [-0.3, -0.25) is 0 Å². The maximum atomic E-state index is 12.4. The number of hydrogen-bond donors (Lipinski definition) is 0. The Labute approximate surface area is 126 Å². The first-order valence-electron chi connectivity index (χ1n) is 5.71. The molecule has 0 aliphatic carbocycles. The van der Waals surface area contributed by atoms with E-state index in [1.807, 2.05) is 6.07 Å². The lowest BCUT2D eigenvalue weighted by Crippen LogP contribution is -2.29. The van der Waals surface area contributed by atoms with Crippen LogP contribution >= 0.6 is 31.9 Å². The summed E-state index contributed by atoms with van der Waals surface area (Å²) in [5.41, 5.74) is -0.0438. The standard InChI is InChI=1S/C13H18Br2O2S/c1-13(2,3)10(8-14)9-18(16,17)12-7-5-4-6-11(12)15/h4-7,10H,8-9H2,1-3H3. The molecule has 1 aromatic rings. The molecule has 0 heterocycles. The van der Waals surface area contributed by atoms with Crippen molar-refractivity contribution in [2.24, 2.45) is 11.3 Å². The van der Waals surface area contributed by atoms with Gasteiger partial charge < -0.3 is 0 Å². The van der Waals surface area contributed by atoms with E-state index in [-0.39, 0.29) is 17.1 Å². The molecule has 0 saturated carbocycles. The fourth-order valence-corrected chi connectivity index (χ4v) is 6.08. The van der Waals surface area contributed by atoms with Gasteiger partial charge in [0.25, 0.3) is 0 Å². The van der Waals surface area contributed by atoms with Gasteiger partial charge in [-0.25, -0.2) is 8.42 Å². The van der Waals surface area contributed by atoms with E-state index in [2.05, 4.69) is 52.6 Å². The number of alkyl halides is 1. The maximum absolute atomic E-state index is 12.4. The molecular weight excluding hydrogens is 380 g/mol. The Morgan fingerprint density at radius 3 is 2.22 bits per heavy atom. The first-order valence-corrected chi connectivity index (χ1v) is 9.28. The summed E-state index contributed by atoms with van der Waals surface area (Å²) in [4.78, 5) is 0.375. The van der Waals surface area contributed by atoms with E-state index in [0.29, 0.717) is 14.7 Å². The van der Waals surface area contributed by atoms with Crippen LogP contribution in [0.3, 0.4) is 0 Å². The molecule has 2 nitrogen and oxygen atoms in total. The van der Waals surface area contributed by atoms with Crippen LogP contribution in [0.2, 0.25) is 0 Å². The Kier molecular flexibility index (Phi) is 5.44. The van der Waals surface area contributed by atoms with E-state index in [1.165, 1.54) is 0 Å². The zero-order valence-corrected chi connectivity index (χ0v) is 14.8. The number of halogens is 2. The third-order valence-electron chi connectivity index (χ3n) is 3.00. The fourth-order valence-electron chi connectivity index (χ4n) is 1.58. The van der Waals surface area contributed by atoms with E-state index in [9.17, 15) is 8.42 Å². The van der Waals surface area contributed by atoms with E-state index in [0.717, 1.165) is 0 Å². The van der Waals surface area contributed by atoms with Crippen LogP contribution in [0.1, 0.15) is 20.8 Å². The highest BCUT2D eigenvalue weighted by Crippen LogP contribution is 2.32. The lowest BCUT2D eigenvalue weighted by atomic mass is 9.83. The summed E-state index contributed by atoms with van der Waals surface area (Å²) in [5.74, 6) is 0.235. The number of sulfone groups is 1.